The maximum atomic E-state index is 13.1. The van der Waals surface area contributed by atoms with Gasteiger partial charge in [0.15, 0.2) is 0 Å². The Labute approximate surface area is 215 Å². The highest BCUT2D eigenvalue weighted by molar-refractivity contribution is 6.04. The second-order valence-corrected chi connectivity index (χ2v) is 7.19. The summed E-state index contributed by atoms with van der Waals surface area (Å²) in [5.41, 5.74) is -1.32. The number of esters is 3. The minimum Gasteiger partial charge on any atom is -0.465 e. The molecule has 0 aromatic heterocycles. The van der Waals surface area contributed by atoms with Gasteiger partial charge in [-0.2, -0.15) is 4.39 Å². The van der Waals surface area contributed by atoms with E-state index in [4.69, 9.17) is 9.47 Å². The summed E-state index contributed by atoms with van der Waals surface area (Å²) >= 11 is 0. The highest BCUT2D eigenvalue weighted by Gasteiger charge is 2.34. The van der Waals surface area contributed by atoms with E-state index in [2.05, 4.69) is 4.74 Å². The van der Waals surface area contributed by atoms with E-state index in [-0.39, 0.29) is 36.5 Å². The summed E-state index contributed by atoms with van der Waals surface area (Å²) in [6.45, 7) is 6.21. The number of hydrogen-bond acceptors (Lipinski definition) is 11. The van der Waals surface area contributed by atoms with Gasteiger partial charge in [-0.25, -0.2) is 9.59 Å². The molecule has 2 aromatic rings. The van der Waals surface area contributed by atoms with Gasteiger partial charge in [0.25, 0.3) is 5.69 Å². The molecule has 13 nitrogen and oxygen atoms in total. The average Bonchev–Trinajstić information content (AvgIpc) is 2.84. The van der Waals surface area contributed by atoms with E-state index < -0.39 is 56.6 Å². The van der Waals surface area contributed by atoms with Crippen LogP contribution in [0.2, 0.25) is 0 Å². The largest absolute Gasteiger partial charge is 0.465 e. The van der Waals surface area contributed by atoms with Crippen LogP contribution in [0, 0.1) is 26.0 Å². The van der Waals surface area contributed by atoms with Crippen LogP contribution in [0.4, 0.5) is 15.8 Å². The third-order valence-corrected chi connectivity index (χ3v) is 4.63. The summed E-state index contributed by atoms with van der Waals surface area (Å²) in [7, 11) is 0. The third kappa shape index (κ3) is 8.43. The molecule has 0 aliphatic carbocycles. The fraction of sp³-hybridized carbons (Fsp3) is 0.333. The Balaban J connectivity index is 0.000000415. The lowest BCUT2D eigenvalue weighted by molar-refractivity contribution is -0.387. The fourth-order valence-corrected chi connectivity index (χ4v) is 3.03. The summed E-state index contributed by atoms with van der Waals surface area (Å²) < 4.78 is 27.3. The van der Waals surface area contributed by atoms with E-state index in [1.165, 1.54) is 6.07 Å². The maximum Gasteiger partial charge on any atom is 0.338 e. The molecule has 0 spiro atoms. The Morgan fingerprint density at radius 1 is 0.789 bits per heavy atom. The van der Waals surface area contributed by atoms with Crippen molar-refractivity contribution in [2.75, 3.05) is 19.8 Å². The van der Waals surface area contributed by atoms with Crippen molar-refractivity contribution >= 4 is 35.1 Å². The van der Waals surface area contributed by atoms with Gasteiger partial charge in [-0.3, -0.25) is 29.8 Å². The Morgan fingerprint density at radius 3 is 1.63 bits per heavy atom. The topological polar surface area (TPSA) is 182 Å². The molecule has 38 heavy (non-hydrogen) atoms. The number of nitro groups is 2. The molecule has 2 aromatic carbocycles. The monoisotopic (exact) mass is 536 g/mol. The number of Topliss-reactive ketones (excluding diaryl/α,β-unsaturated/α-hetero) is 1. The number of benzene rings is 2. The van der Waals surface area contributed by atoms with Crippen molar-refractivity contribution < 1.29 is 47.6 Å². The van der Waals surface area contributed by atoms with Gasteiger partial charge >= 0.3 is 23.6 Å². The predicted octanol–water partition coefficient (Wildman–Crippen LogP) is 3.92. The van der Waals surface area contributed by atoms with Gasteiger partial charge in [0.2, 0.25) is 5.82 Å². The molecule has 2 rings (SSSR count). The van der Waals surface area contributed by atoms with Gasteiger partial charge in [0.1, 0.15) is 11.7 Å². The molecule has 0 radical (unpaired) electrons. The first-order valence-electron chi connectivity index (χ1n) is 11.1. The normalized spacial score (nSPS) is 10.8. The van der Waals surface area contributed by atoms with E-state index >= 15 is 0 Å². The SMILES string of the molecule is CCOC(=O)c1ccc([N+](=O)[O-])c(C(C(C)=O)C(=O)OCC)c1.CCOC(=O)c1ccc([N+](=O)[O-])c(F)c1. The van der Waals surface area contributed by atoms with Crippen LogP contribution in [0.3, 0.4) is 0 Å². The van der Waals surface area contributed by atoms with Gasteiger partial charge < -0.3 is 14.2 Å². The molecule has 14 heteroatoms. The van der Waals surface area contributed by atoms with Crippen molar-refractivity contribution in [1.82, 2.24) is 0 Å². The van der Waals surface area contributed by atoms with Crippen LogP contribution in [0.1, 0.15) is 59.9 Å². The molecule has 0 N–H and O–H groups in total. The van der Waals surface area contributed by atoms with Crippen LogP contribution in [-0.4, -0.2) is 53.4 Å². The van der Waals surface area contributed by atoms with Gasteiger partial charge in [-0.15, -0.1) is 0 Å². The predicted molar refractivity (Wildman–Crippen MR) is 128 cm³/mol. The second kappa shape index (κ2) is 14.7. The lowest BCUT2D eigenvalue weighted by atomic mass is 9.92. The molecule has 0 heterocycles. The fourth-order valence-electron chi connectivity index (χ4n) is 3.03. The summed E-state index contributed by atoms with van der Waals surface area (Å²) in [5, 5.41) is 21.4. The Hall–Kier alpha value is -4.75. The van der Waals surface area contributed by atoms with Crippen LogP contribution in [0.5, 0.6) is 0 Å². The number of carbonyl (C=O) groups is 4. The van der Waals surface area contributed by atoms with Crippen LogP contribution >= 0.6 is 0 Å². The molecule has 0 aliphatic rings. The Morgan fingerprint density at radius 2 is 1.24 bits per heavy atom. The van der Waals surface area contributed by atoms with Crippen molar-refractivity contribution in [3.8, 4) is 0 Å². The first-order valence-corrected chi connectivity index (χ1v) is 11.1. The lowest BCUT2D eigenvalue weighted by Gasteiger charge is -2.14. The van der Waals surface area contributed by atoms with Crippen molar-refractivity contribution in [3.63, 3.8) is 0 Å². The third-order valence-electron chi connectivity index (χ3n) is 4.63. The Kier molecular flexibility index (Phi) is 12.1. The highest BCUT2D eigenvalue weighted by Crippen LogP contribution is 2.30. The number of nitro benzene ring substituents is 2. The number of carbonyl (C=O) groups excluding carboxylic acids is 4. The summed E-state index contributed by atoms with van der Waals surface area (Å²) in [6.07, 6.45) is 0. The highest BCUT2D eigenvalue weighted by atomic mass is 19.1. The second-order valence-electron chi connectivity index (χ2n) is 7.19. The van der Waals surface area contributed by atoms with E-state index in [0.29, 0.717) is 0 Å². The summed E-state index contributed by atoms with van der Waals surface area (Å²) in [5.74, 6) is -5.44. The molecule has 0 saturated carbocycles. The molecular formula is C24H25FN2O11. The Bertz CT molecular complexity index is 1230. The van der Waals surface area contributed by atoms with Gasteiger partial charge in [-0.05, 0) is 52.0 Å². The summed E-state index contributed by atoms with van der Waals surface area (Å²) in [4.78, 5) is 66.5. The first kappa shape index (κ1) is 31.3. The van der Waals surface area contributed by atoms with Crippen molar-refractivity contribution in [3.05, 3.63) is 79.1 Å². The van der Waals surface area contributed by atoms with E-state index in [1.807, 2.05) is 0 Å². The van der Waals surface area contributed by atoms with E-state index in [9.17, 15) is 43.8 Å². The van der Waals surface area contributed by atoms with Gasteiger partial charge in [-0.1, -0.05) is 0 Å². The number of halogens is 1. The molecule has 0 fully saturated rings. The van der Waals surface area contributed by atoms with Crippen molar-refractivity contribution in [2.24, 2.45) is 0 Å². The minimum absolute atomic E-state index is 0.0167. The smallest absolute Gasteiger partial charge is 0.338 e. The zero-order chi connectivity index (χ0) is 29.0. The molecule has 204 valence electrons. The average molecular weight is 536 g/mol. The molecule has 0 saturated heterocycles. The lowest BCUT2D eigenvalue weighted by Crippen LogP contribution is -2.23. The van der Waals surface area contributed by atoms with Crippen molar-refractivity contribution in [1.29, 1.82) is 0 Å². The maximum absolute atomic E-state index is 13.1. The standard InChI is InChI=1S/C15H17NO7.C9H8FNO4/c1-4-22-14(18)10-6-7-12(16(20)21)11(8-10)13(9(3)17)15(19)23-5-2;1-2-15-9(12)6-3-4-8(11(13)14)7(10)5-6/h6-8,13H,4-5H2,1-3H3;3-5H,2H2,1H3. The number of ether oxygens (including phenoxy) is 3. The van der Waals surface area contributed by atoms with Crippen LogP contribution in [0.15, 0.2) is 36.4 Å². The van der Waals surface area contributed by atoms with E-state index in [0.717, 1.165) is 37.3 Å². The molecular weight excluding hydrogens is 511 g/mol. The first-order chi connectivity index (χ1) is 17.9. The minimum atomic E-state index is -1.47. The molecule has 0 bridgehead atoms. The quantitative estimate of drug-likeness (QED) is 0.141. The molecule has 0 aliphatic heterocycles. The zero-order valence-electron chi connectivity index (χ0n) is 20.9. The van der Waals surface area contributed by atoms with Crippen LogP contribution in [0.25, 0.3) is 0 Å². The molecule has 1 unspecified atom stereocenters. The number of nitrogens with zero attached hydrogens (tertiary/aromatic N) is 2. The molecule has 0 amide bonds. The zero-order valence-corrected chi connectivity index (χ0v) is 20.9. The summed E-state index contributed by atoms with van der Waals surface area (Å²) in [6, 6.07) is 6.27. The van der Waals surface area contributed by atoms with Gasteiger partial charge in [0.05, 0.1) is 46.4 Å². The number of rotatable bonds is 10. The number of hydrogen-bond donors (Lipinski definition) is 0. The molecule has 1 atom stereocenters. The van der Waals surface area contributed by atoms with Crippen LogP contribution < -0.4 is 0 Å². The van der Waals surface area contributed by atoms with Crippen LogP contribution in [-0.2, 0) is 23.8 Å². The number of ketones is 1. The van der Waals surface area contributed by atoms with Crippen molar-refractivity contribution in [2.45, 2.75) is 33.6 Å². The van der Waals surface area contributed by atoms with Gasteiger partial charge in [0, 0.05) is 12.1 Å². The van der Waals surface area contributed by atoms with E-state index in [1.54, 1.807) is 20.8 Å².